The number of benzene rings is 1. The molecule has 0 bridgehead atoms. The Labute approximate surface area is 89.5 Å². The lowest BCUT2D eigenvalue weighted by atomic mass is 9.98. The van der Waals surface area contributed by atoms with E-state index in [0.29, 0.717) is 12.1 Å². The number of hydrogen-bond donors (Lipinski definition) is 1. The van der Waals surface area contributed by atoms with E-state index in [1.165, 1.54) is 6.07 Å². The molecule has 1 nitrogen and oxygen atoms in total. The summed E-state index contributed by atoms with van der Waals surface area (Å²) in [5, 5.41) is 2.74. The average Bonchev–Trinajstić information content (AvgIpc) is 2.14. The maximum Gasteiger partial charge on any atom is 0.274 e. The molecule has 0 fully saturated rings. The first-order chi connectivity index (χ1) is 6.97. The van der Waals surface area contributed by atoms with Crippen molar-refractivity contribution in [2.45, 2.75) is 26.2 Å². The molecule has 0 aliphatic carbocycles. The predicted octanol–water partition coefficient (Wildman–Crippen LogP) is 3.00. The Morgan fingerprint density at radius 3 is 2.47 bits per heavy atom. The van der Waals surface area contributed by atoms with Crippen LogP contribution in [0.25, 0.3) is 0 Å². The first-order valence-corrected chi connectivity index (χ1v) is 5.07. The number of rotatable bonds is 4. The van der Waals surface area contributed by atoms with Gasteiger partial charge in [0.1, 0.15) is 0 Å². The van der Waals surface area contributed by atoms with Crippen molar-refractivity contribution in [2.24, 2.45) is 0 Å². The molecule has 0 spiro atoms. The van der Waals surface area contributed by atoms with Gasteiger partial charge in [0, 0.05) is 18.5 Å². The van der Waals surface area contributed by atoms with Gasteiger partial charge in [0.15, 0.2) is 0 Å². The lowest BCUT2D eigenvalue weighted by Gasteiger charge is -2.19. The van der Waals surface area contributed by atoms with Crippen molar-refractivity contribution < 1.29 is 8.78 Å². The van der Waals surface area contributed by atoms with Crippen LogP contribution in [0.1, 0.15) is 23.1 Å². The highest BCUT2D eigenvalue weighted by Gasteiger charge is 2.31. The predicted molar refractivity (Wildman–Crippen MR) is 58.4 cm³/mol. The van der Waals surface area contributed by atoms with E-state index in [2.05, 4.69) is 5.32 Å². The van der Waals surface area contributed by atoms with Crippen LogP contribution in [0.5, 0.6) is 0 Å². The van der Waals surface area contributed by atoms with Crippen molar-refractivity contribution in [1.29, 1.82) is 0 Å². The van der Waals surface area contributed by atoms with Gasteiger partial charge >= 0.3 is 0 Å². The zero-order valence-electron chi connectivity index (χ0n) is 9.40. The van der Waals surface area contributed by atoms with Crippen molar-refractivity contribution in [3.05, 3.63) is 34.9 Å². The van der Waals surface area contributed by atoms with E-state index in [-0.39, 0.29) is 12.0 Å². The highest BCUT2D eigenvalue weighted by Crippen LogP contribution is 2.33. The fraction of sp³-hybridized carbons (Fsp3) is 0.500. The number of halogens is 2. The Balaban J connectivity index is 2.93. The molecule has 0 aliphatic heterocycles. The smallest absolute Gasteiger partial charge is 0.274 e. The van der Waals surface area contributed by atoms with E-state index in [1.54, 1.807) is 26.1 Å². The molecule has 1 aromatic carbocycles. The van der Waals surface area contributed by atoms with Crippen molar-refractivity contribution >= 4 is 0 Å². The Bertz CT molecular complexity index is 334. The maximum absolute atomic E-state index is 13.7. The van der Waals surface area contributed by atoms with Crippen molar-refractivity contribution in [3.8, 4) is 0 Å². The normalized spacial score (nSPS) is 11.8. The van der Waals surface area contributed by atoms with Crippen LogP contribution in [0.3, 0.4) is 0 Å². The van der Waals surface area contributed by atoms with Crippen LogP contribution in [-0.2, 0) is 5.92 Å². The third-order valence-electron chi connectivity index (χ3n) is 2.46. The van der Waals surface area contributed by atoms with Gasteiger partial charge in [-0.05, 0) is 26.5 Å². The SMILES string of the molecule is CNCCC(F)(F)c1ccc(C)cc1C. The minimum Gasteiger partial charge on any atom is -0.320 e. The molecule has 0 saturated heterocycles. The first kappa shape index (κ1) is 12.1. The Kier molecular flexibility index (Phi) is 3.80. The van der Waals surface area contributed by atoms with E-state index in [0.717, 1.165) is 5.56 Å². The highest BCUT2D eigenvalue weighted by atomic mass is 19.3. The molecule has 1 N–H and O–H groups in total. The van der Waals surface area contributed by atoms with Crippen molar-refractivity contribution in [3.63, 3.8) is 0 Å². The minimum absolute atomic E-state index is 0.142. The van der Waals surface area contributed by atoms with Gasteiger partial charge in [0.25, 0.3) is 5.92 Å². The zero-order chi connectivity index (χ0) is 11.5. The second kappa shape index (κ2) is 4.71. The molecule has 15 heavy (non-hydrogen) atoms. The van der Waals surface area contributed by atoms with Gasteiger partial charge in [0.05, 0.1) is 0 Å². The molecule has 0 amide bonds. The molecule has 0 aromatic heterocycles. The van der Waals surface area contributed by atoms with Gasteiger partial charge in [0.2, 0.25) is 0 Å². The van der Waals surface area contributed by atoms with Gasteiger partial charge < -0.3 is 5.32 Å². The van der Waals surface area contributed by atoms with Crippen LogP contribution in [0, 0.1) is 13.8 Å². The molecule has 3 heteroatoms. The van der Waals surface area contributed by atoms with E-state index in [4.69, 9.17) is 0 Å². The summed E-state index contributed by atoms with van der Waals surface area (Å²) in [5.74, 6) is -2.74. The van der Waals surface area contributed by atoms with Crippen molar-refractivity contribution in [1.82, 2.24) is 5.32 Å². The number of alkyl halides is 2. The van der Waals surface area contributed by atoms with Crippen LogP contribution < -0.4 is 5.32 Å². The van der Waals surface area contributed by atoms with Crippen LogP contribution in [0.4, 0.5) is 8.78 Å². The van der Waals surface area contributed by atoms with Crippen LogP contribution in [0.15, 0.2) is 18.2 Å². The second-order valence-electron chi connectivity index (χ2n) is 3.88. The molecular weight excluding hydrogens is 196 g/mol. The van der Waals surface area contributed by atoms with Crippen LogP contribution in [-0.4, -0.2) is 13.6 Å². The molecular formula is C12H17F2N. The molecule has 0 unspecified atom stereocenters. The highest BCUT2D eigenvalue weighted by molar-refractivity contribution is 5.33. The summed E-state index contributed by atoms with van der Waals surface area (Å²) in [6, 6.07) is 5.05. The Morgan fingerprint density at radius 2 is 1.93 bits per heavy atom. The molecule has 1 rings (SSSR count). The monoisotopic (exact) mass is 213 g/mol. The second-order valence-corrected chi connectivity index (χ2v) is 3.88. The van der Waals surface area contributed by atoms with E-state index < -0.39 is 5.92 Å². The molecule has 0 atom stereocenters. The van der Waals surface area contributed by atoms with Crippen molar-refractivity contribution in [2.75, 3.05) is 13.6 Å². The maximum atomic E-state index is 13.7. The topological polar surface area (TPSA) is 12.0 Å². The van der Waals surface area contributed by atoms with Crippen LogP contribution >= 0.6 is 0 Å². The molecule has 1 aromatic rings. The van der Waals surface area contributed by atoms with Gasteiger partial charge in [-0.1, -0.05) is 23.8 Å². The van der Waals surface area contributed by atoms with Gasteiger partial charge in [-0.2, -0.15) is 0 Å². The lowest BCUT2D eigenvalue weighted by Crippen LogP contribution is -2.21. The number of hydrogen-bond acceptors (Lipinski definition) is 1. The minimum atomic E-state index is -2.74. The van der Waals surface area contributed by atoms with Crippen LogP contribution in [0.2, 0.25) is 0 Å². The van der Waals surface area contributed by atoms with E-state index in [9.17, 15) is 8.78 Å². The average molecular weight is 213 g/mol. The lowest BCUT2D eigenvalue weighted by molar-refractivity contribution is -0.0129. The fourth-order valence-electron chi connectivity index (χ4n) is 1.64. The third kappa shape index (κ3) is 2.99. The summed E-state index contributed by atoms with van der Waals surface area (Å²) in [6.45, 7) is 3.96. The summed E-state index contributed by atoms with van der Waals surface area (Å²) in [5.41, 5.74) is 1.82. The summed E-state index contributed by atoms with van der Waals surface area (Å²) in [4.78, 5) is 0. The fourth-order valence-corrected chi connectivity index (χ4v) is 1.64. The molecule has 84 valence electrons. The van der Waals surface area contributed by atoms with E-state index in [1.807, 2.05) is 6.92 Å². The van der Waals surface area contributed by atoms with Gasteiger partial charge in [-0.15, -0.1) is 0 Å². The summed E-state index contributed by atoms with van der Waals surface area (Å²) >= 11 is 0. The standard InChI is InChI=1S/C12H17F2N/c1-9-4-5-11(10(2)8-9)12(13,14)6-7-15-3/h4-5,8,15H,6-7H2,1-3H3. The summed E-state index contributed by atoms with van der Waals surface area (Å²) in [7, 11) is 1.68. The quantitative estimate of drug-likeness (QED) is 0.810. The molecule has 0 saturated carbocycles. The summed E-state index contributed by atoms with van der Waals surface area (Å²) < 4.78 is 27.4. The third-order valence-corrected chi connectivity index (χ3v) is 2.46. The summed E-state index contributed by atoms with van der Waals surface area (Å²) in [6.07, 6.45) is -0.159. The Hall–Kier alpha value is -0.960. The number of aryl methyl sites for hydroxylation is 2. The number of nitrogens with one attached hydrogen (secondary N) is 1. The molecule has 0 radical (unpaired) electrons. The zero-order valence-corrected chi connectivity index (χ0v) is 9.40. The first-order valence-electron chi connectivity index (χ1n) is 5.07. The Morgan fingerprint density at radius 1 is 1.27 bits per heavy atom. The van der Waals surface area contributed by atoms with Gasteiger partial charge in [-0.3, -0.25) is 0 Å². The molecule has 0 heterocycles. The molecule has 0 aliphatic rings. The van der Waals surface area contributed by atoms with Gasteiger partial charge in [-0.25, -0.2) is 8.78 Å². The largest absolute Gasteiger partial charge is 0.320 e. The van der Waals surface area contributed by atoms with E-state index >= 15 is 0 Å².